The van der Waals surface area contributed by atoms with Crippen molar-refractivity contribution in [2.45, 2.75) is 32.8 Å². The molecule has 2 aromatic carbocycles. The average Bonchev–Trinajstić information content (AvgIpc) is 2.67. The molecule has 0 aromatic heterocycles. The van der Waals surface area contributed by atoms with Crippen LogP contribution in [0, 0.1) is 10.1 Å². The second-order valence-corrected chi connectivity index (χ2v) is 7.67. The van der Waals surface area contributed by atoms with Gasteiger partial charge < -0.3 is 19.9 Å². The van der Waals surface area contributed by atoms with Crippen LogP contribution in [-0.2, 0) is 11.2 Å². The molecule has 2 amide bonds. The number of nitro benzene ring substituents is 1. The van der Waals surface area contributed by atoms with Crippen LogP contribution in [0.1, 0.15) is 26.3 Å². The smallest absolute Gasteiger partial charge is 0.411 e. The lowest BCUT2D eigenvalue weighted by molar-refractivity contribution is -0.384. The van der Waals surface area contributed by atoms with Gasteiger partial charge in [-0.2, -0.15) is 0 Å². The fourth-order valence-corrected chi connectivity index (χ4v) is 2.58. The predicted molar refractivity (Wildman–Crippen MR) is 114 cm³/mol. The van der Waals surface area contributed by atoms with Gasteiger partial charge in [0, 0.05) is 25.7 Å². The number of ether oxygens (including phenoxy) is 2. The number of hydrogen-bond acceptors (Lipinski definition) is 6. The van der Waals surface area contributed by atoms with Crippen molar-refractivity contribution in [3.8, 4) is 11.5 Å². The van der Waals surface area contributed by atoms with Crippen LogP contribution in [0.4, 0.5) is 21.0 Å². The summed E-state index contributed by atoms with van der Waals surface area (Å²) in [4.78, 5) is 34.1. The summed E-state index contributed by atoms with van der Waals surface area (Å²) < 4.78 is 10.9. The molecule has 31 heavy (non-hydrogen) atoms. The van der Waals surface area contributed by atoms with Crippen LogP contribution in [-0.4, -0.2) is 41.4 Å². The van der Waals surface area contributed by atoms with Crippen LogP contribution in [0.5, 0.6) is 11.5 Å². The number of alkyl carbamates (subject to hydrolysis) is 1. The van der Waals surface area contributed by atoms with Crippen molar-refractivity contribution in [2.75, 3.05) is 18.5 Å². The first-order valence-electron chi connectivity index (χ1n) is 9.45. The molecule has 2 aromatic rings. The highest BCUT2D eigenvalue weighted by Crippen LogP contribution is 2.33. The third-order valence-electron chi connectivity index (χ3n) is 4.03. The number of rotatable bonds is 7. The zero-order chi connectivity index (χ0) is 23.2. The second kappa shape index (κ2) is 9.79. The molecular formula is C21H25N3O7. The van der Waals surface area contributed by atoms with E-state index in [1.54, 1.807) is 32.9 Å². The van der Waals surface area contributed by atoms with Gasteiger partial charge in [0.15, 0.2) is 0 Å². The lowest BCUT2D eigenvalue weighted by Crippen LogP contribution is -2.33. The fourth-order valence-electron chi connectivity index (χ4n) is 2.58. The zero-order valence-electron chi connectivity index (χ0n) is 17.7. The monoisotopic (exact) mass is 431 g/mol. The fraction of sp³-hybridized carbons (Fsp3) is 0.333. The quantitative estimate of drug-likeness (QED) is 0.485. The topological polar surface area (TPSA) is 131 Å². The summed E-state index contributed by atoms with van der Waals surface area (Å²) in [6.07, 6.45) is -1.22. The predicted octanol–water partition coefficient (Wildman–Crippen LogP) is 4.57. The second-order valence-electron chi connectivity index (χ2n) is 7.67. The number of nitrogens with zero attached hydrogens (tertiary/aromatic N) is 2. The van der Waals surface area contributed by atoms with Crippen molar-refractivity contribution < 1.29 is 29.1 Å². The molecule has 0 bridgehead atoms. The van der Waals surface area contributed by atoms with Crippen molar-refractivity contribution in [2.24, 2.45) is 0 Å². The van der Waals surface area contributed by atoms with Gasteiger partial charge >= 0.3 is 12.2 Å². The summed E-state index contributed by atoms with van der Waals surface area (Å²) in [5, 5.41) is 23.0. The molecule has 2 N–H and O–H groups in total. The third kappa shape index (κ3) is 7.18. The van der Waals surface area contributed by atoms with Crippen molar-refractivity contribution in [1.82, 2.24) is 5.32 Å². The Hall–Kier alpha value is -3.82. The number of hydrogen-bond donors (Lipinski definition) is 2. The molecule has 0 heterocycles. The molecule has 0 atom stereocenters. The molecule has 166 valence electrons. The average molecular weight is 431 g/mol. The van der Waals surface area contributed by atoms with Gasteiger partial charge in [-0.25, -0.2) is 9.59 Å². The van der Waals surface area contributed by atoms with E-state index in [1.807, 2.05) is 12.1 Å². The number of benzene rings is 2. The summed E-state index contributed by atoms with van der Waals surface area (Å²) in [6, 6.07) is 11.0. The van der Waals surface area contributed by atoms with Crippen LogP contribution in [0.3, 0.4) is 0 Å². The highest BCUT2D eigenvalue weighted by Gasteiger charge is 2.22. The lowest BCUT2D eigenvalue weighted by Gasteiger charge is -2.19. The molecular weight excluding hydrogens is 406 g/mol. The van der Waals surface area contributed by atoms with Crippen LogP contribution < -0.4 is 15.0 Å². The van der Waals surface area contributed by atoms with E-state index < -0.39 is 22.7 Å². The molecule has 2 rings (SSSR count). The maximum absolute atomic E-state index is 11.7. The van der Waals surface area contributed by atoms with E-state index in [-0.39, 0.29) is 17.1 Å². The van der Waals surface area contributed by atoms with Gasteiger partial charge in [0.2, 0.25) is 0 Å². The van der Waals surface area contributed by atoms with Gasteiger partial charge in [-0.05, 0) is 51.0 Å². The maximum atomic E-state index is 11.7. The first kappa shape index (κ1) is 23.5. The summed E-state index contributed by atoms with van der Waals surface area (Å²) in [5.74, 6) is 0.731. The molecule has 0 aliphatic rings. The van der Waals surface area contributed by atoms with E-state index in [1.165, 1.54) is 25.2 Å². The Labute approximate surface area is 179 Å². The molecule has 0 radical (unpaired) electrons. The largest absolute Gasteiger partial charge is 0.465 e. The molecule has 10 heteroatoms. The standard InChI is InChI=1S/C21H25N3O7/c1-21(2,3)31-19(25)22-12-11-14-5-7-15(8-6-14)30-16-9-10-17(24(28)29)18(13-16)23(4)20(26)27/h5-10,13H,11-12H2,1-4H3,(H,22,25)(H,26,27). The minimum Gasteiger partial charge on any atom is -0.465 e. The van der Waals surface area contributed by atoms with Crippen molar-refractivity contribution in [1.29, 1.82) is 0 Å². The molecule has 0 fully saturated rings. The third-order valence-corrected chi connectivity index (χ3v) is 4.03. The van der Waals surface area contributed by atoms with Gasteiger partial charge in [-0.15, -0.1) is 0 Å². The zero-order valence-corrected chi connectivity index (χ0v) is 17.7. The SMILES string of the molecule is CN(C(=O)O)c1cc(Oc2ccc(CCNC(=O)OC(C)(C)C)cc2)ccc1[N+](=O)[O-]. The molecule has 10 nitrogen and oxygen atoms in total. The van der Waals surface area contributed by atoms with Crippen molar-refractivity contribution in [3.63, 3.8) is 0 Å². The molecule has 0 aliphatic heterocycles. The first-order chi connectivity index (χ1) is 14.5. The number of carbonyl (C=O) groups is 2. The number of anilines is 1. The van der Waals surface area contributed by atoms with E-state index in [9.17, 15) is 19.7 Å². The Balaban J connectivity index is 2.01. The van der Waals surface area contributed by atoms with Crippen LogP contribution in [0.2, 0.25) is 0 Å². The Kier molecular flexibility index (Phi) is 7.41. The minimum absolute atomic E-state index is 0.0974. The summed E-state index contributed by atoms with van der Waals surface area (Å²) in [7, 11) is 1.22. The Morgan fingerprint density at radius 2 is 1.74 bits per heavy atom. The van der Waals surface area contributed by atoms with Gasteiger partial charge in [-0.3, -0.25) is 15.0 Å². The highest BCUT2D eigenvalue weighted by molar-refractivity contribution is 5.89. The Morgan fingerprint density at radius 1 is 1.13 bits per heavy atom. The Bertz CT molecular complexity index is 952. The highest BCUT2D eigenvalue weighted by atomic mass is 16.6. The Morgan fingerprint density at radius 3 is 2.29 bits per heavy atom. The first-order valence-corrected chi connectivity index (χ1v) is 9.45. The number of nitrogens with one attached hydrogen (secondary N) is 1. The molecule has 0 unspecified atom stereocenters. The number of amides is 2. The van der Waals surface area contributed by atoms with Crippen molar-refractivity contribution >= 4 is 23.6 Å². The number of carbonyl (C=O) groups excluding carboxylic acids is 1. The van der Waals surface area contributed by atoms with Gasteiger partial charge in [0.1, 0.15) is 22.8 Å². The summed E-state index contributed by atoms with van der Waals surface area (Å²) >= 11 is 0. The molecule has 0 aliphatic carbocycles. The summed E-state index contributed by atoms with van der Waals surface area (Å²) in [6.45, 7) is 5.78. The molecule has 0 saturated heterocycles. The van der Waals surface area contributed by atoms with Gasteiger partial charge in [0.25, 0.3) is 5.69 Å². The number of nitro groups is 1. The van der Waals surface area contributed by atoms with Crippen LogP contribution in [0.25, 0.3) is 0 Å². The molecule has 0 spiro atoms. The minimum atomic E-state index is -1.33. The number of carboxylic acid groups (broad SMARTS) is 1. The van der Waals surface area contributed by atoms with Gasteiger partial charge in [0.05, 0.1) is 4.92 Å². The van der Waals surface area contributed by atoms with Crippen LogP contribution >= 0.6 is 0 Å². The van der Waals surface area contributed by atoms with Gasteiger partial charge in [-0.1, -0.05) is 12.1 Å². The van der Waals surface area contributed by atoms with Crippen LogP contribution in [0.15, 0.2) is 42.5 Å². The lowest BCUT2D eigenvalue weighted by atomic mass is 10.1. The molecule has 0 saturated carbocycles. The van der Waals surface area contributed by atoms with E-state index in [0.717, 1.165) is 10.5 Å². The van der Waals surface area contributed by atoms with Crippen molar-refractivity contribution in [3.05, 3.63) is 58.1 Å². The normalized spacial score (nSPS) is 10.8. The summed E-state index contributed by atoms with van der Waals surface area (Å²) in [5.41, 5.74) is -0.0385. The maximum Gasteiger partial charge on any atom is 0.411 e. The van der Waals surface area contributed by atoms with E-state index in [2.05, 4.69) is 5.32 Å². The van der Waals surface area contributed by atoms with E-state index in [0.29, 0.717) is 18.7 Å². The van der Waals surface area contributed by atoms with E-state index >= 15 is 0 Å². The van der Waals surface area contributed by atoms with E-state index in [4.69, 9.17) is 14.6 Å².